The zero-order valence-electron chi connectivity index (χ0n) is 23.0. The fraction of sp³-hybridized carbons (Fsp3) is 0.786. The molecule has 0 amide bonds. The molecular formula is C28H50O8S. The molecule has 0 aromatic rings. The van der Waals surface area contributed by atoms with Crippen LogP contribution >= 0.6 is 0 Å². The number of rotatable bonds is 25. The lowest BCUT2D eigenvalue weighted by Crippen LogP contribution is -2.30. The van der Waals surface area contributed by atoms with Crippen molar-refractivity contribution < 1.29 is 36.2 Å². The van der Waals surface area contributed by atoms with Gasteiger partial charge in [-0.05, 0) is 37.8 Å². The molecule has 0 saturated heterocycles. The van der Waals surface area contributed by atoms with E-state index in [4.69, 9.17) is 14.0 Å². The molecule has 0 aliphatic rings. The zero-order valence-corrected chi connectivity index (χ0v) is 23.9. The zero-order chi connectivity index (χ0) is 27.6. The van der Waals surface area contributed by atoms with Crippen LogP contribution in [0.5, 0.6) is 0 Å². The highest BCUT2D eigenvalue weighted by atomic mass is 32.3. The van der Waals surface area contributed by atoms with Crippen LogP contribution in [0.3, 0.4) is 0 Å². The summed E-state index contributed by atoms with van der Waals surface area (Å²) in [5, 5.41) is 0. The summed E-state index contributed by atoms with van der Waals surface area (Å²) in [6.07, 6.45) is 23.7. The normalized spacial score (nSPS) is 12.8. The Bertz CT molecular complexity index is 730. The van der Waals surface area contributed by atoms with Crippen molar-refractivity contribution in [1.82, 2.24) is 0 Å². The van der Waals surface area contributed by atoms with Crippen molar-refractivity contribution in [3.8, 4) is 0 Å². The molecule has 0 spiro atoms. The number of unbranched alkanes of at least 4 members (excludes halogenated alkanes) is 16. The molecule has 0 aromatic heterocycles. The minimum atomic E-state index is -4.96. The first-order valence-electron chi connectivity index (χ1n) is 14.2. The molecule has 1 N–H and O–H groups in total. The Morgan fingerprint density at radius 1 is 0.676 bits per heavy atom. The van der Waals surface area contributed by atoms with Gasteiger partial charge in [0, 0.05) is 0 Å². The summed E-state index contributed by atoms with van der Waals surface area (Å²) in [7, 11) is -4.96. The van der Waals surface area contributed by atoms with E-state index in [1.54, 1.807) is 12.2 Å². The first-order chi connectivity index (χ1) is 17.8. The number of allylic oxidation sites excluding steroid dienone is 2. The summed E-state index contributed by atoms with van der Waals surface area (Å²) in [6.45, 7) is 4.39. The Morgan fingerprint density at radius 2 is 1.08 bits per heavy atom. The van der Waals surface area contributed by atoms with Crippen molar-refractivity contribution in [3.05, 3.63) is 24.7 Å². The van der Waals surface area contributed by atoms with E-state index in [1.807, 2.05) is 0 Å². The van der Waals surface area contributed by atoms with Gasteiger partial charge in [0.2, 0.25) is 0 Å². The van der Waals surface area contributed by atoms with Crippen LogP contribution in [0.15, 0.2) is 24.7 Å². The molecule has 0 rings (SSSR count). The predicted molar refractivity (Wildman–Crippen MR) is 146 cm³/mol. The first-order valence-corrected chi connectivity index (χ1v) is 15.5. The van der Waals surface area contributed by atoms with Gasteiger partial charge in [-0.25, -0.2) is 8.98 Å². The maximum absolute atomic E-state index is 12.2. The number of hydrogen-bond donors (Lipinski definition) is 1. The molecule has 8 nitrogen and oxygen atoms in total. The van der Waals surface area contributed by atoms with Crippen molar-refractivity contribution >= 4 is 22.3 Å². The maximum Gasteiger partial charge on any atom is 0.398 e. The van der Waals surface area contributed by atoms with Crippen molar-refractivity contribution in [3.63, 3.8) is 0 Å². The summed E-state index contributed by atoms with van der Waals surface area (Å²) >= 11 is 0. The van der Waals surface area contributed by atoms with E-state index in [-0.39, 0.29) is 0 Å². The monoisotopic (exact) mass is 546 g/mol. The Hall–Kier alpha value is -1.71. The molecule has 0 fully saturated rings. The smallest absolute Gasteiger partial charge is 0.398 e. The molecule has 1 atom stereocenters. The Kier molecular flexibility index (Phi) is 23.5. The Balaban J connectivity index is 4.20. The van der Waals surface area contributed by atoms with E-state index in [0.717, 1.165) is 44.8 Å². The van der Waals surface area contributed by atoms with Gasteiger partial charge in [-0.1, -0.05) is 104 Å². The molecule has 216 valence electrons. The fourth-order valence-corrected chi connectivity index (χ4v) is 4.19. The van der Waals surface area contributed by atoms with Gasteiger partial charge in [-0.3, -0.25) is 9.35 Å². The van der Waals surface area contributed by atoms with E-state index < -0.39 is 34.9 Å². The quantitative estimate of drug-likeness (QED) is 0.0535. The van der Waals surface area contributed by atoms with Crippen molar-refractivity contribution in [2.75, 3.05) is 0 Å². The van der Waals surface area contributed by atoms with E-state index >= 15 is 0 Å². The maximum atomic E-state index is 12.2. The van der Waals surface area contributed by atoms with E-state index in [1.165, 1.54) is 76.9 Å². The summed E-state index contributed by atoms with van der Waals surface area (Å²) in [5.74, 6) is -1.98. The van der Waals surface area contributed by atoms with Crippen molar-refractivity contribution in [2.24, 2.45) is 0 Å². The molecule has 9 heteroatoms. The average Bonchev–Trinajstić information content (AvgIpc) is 2.84. The van der Waals surface area contributed by atoms with Crippen LogP contribution in [0.2, 0.25) is 0 Å². The van der Waals surface area contributed by atoms with Crippen LogP contribution in [0.4, 0.5) is 0 Å². The van der Waals surface area contributed by atoms with E-state index in [2.05, 4.69) is 18.0 Å². The lowest BCUT2D eigenvalue weighted by atomic mass is 10.1. The van der Waals surface area contributed by atoms with E-state index in [0.29, 0.717) is 6.42 Å². The molecule has 37 heavy (non-hydrogen) atoms. The number of hydrogen-bond acceptors (Lipinski definition) is 7. The van der Waals surface area contributed by atoms with Gasteiger partial charge in [0.1, 0.15) is 0 Å². The number of esters is 2. The molecule has 0 radical (unpaired) electrons. The van der Waals surface area contributed by atoms with Crippen LogP contribution in [-0.2, 0) is 33.6 Å². The van der Waals surface area contributed by atoms with Crippen LogP contribution in [0, 0.1) is 0 Å². The highest BCUT2D eigenvalue weighted by Gasteiger charge is 2.29. The standard InChI is InChI=1S/C28H50O8S/c1-3-5-7-9-11-13-15-17-19-21-23-34-27(29)25-26(36-37(31,32)33)28(30)35-24-22-20-18-16-14-12-10-8-6-4-2/h21-24,26H,3-20,25H2,1-2H3,(H,31,32,33). The number of carbonyl (C=O) groups is 2. The van der Waals surface area contributed by atoms with Crippen LogP contribution < -0.4 is 0 Å². The summed E-state index contributed by atoms with van der Waals surface area (Å²) < 4.78 is 45.2. The molecule has 1 unspecified atom stereocenters. The molecular weight excluding hydrogens is 496 g/mol. The lowest BCUT2D eigenvalue weighted by molar-refractivity contribution is -0.152. The molecule has 0 aromatic carbocycles. The summed E-state index contributed by atoms with van der Waals surface area (Å²) in [5.41, 5.74) is 0. The minimum Gasteiger partial charge on any atom is -0.435 e. The van der Waals surface area contributed by atoms with E-state index in [9.17, 15) is 18.0 Å². The van der Waals surface area contributed by atoms with Gasteiger partial charge in [-0.2, -0.15) is 8.42 Å². The van der Waals surface area contributed by atoms with Gasteiger partial charge in [0.15, 0.2) is 6.10 Å². The Labute approximate surface area is 225 Å². The average molecular weight is 547 g/mol. The van der Waals surface area contributed by atoms with Gasteiger partial charge in [-0.15, -0.1) is 0 Å². The largest absolute Gasteiger partial charge is 0.435 e. The second kappa shape index (κ2) is 24.6. The van der Waals surface area contributed by atoms with Crippen molar-refractivity contribution in [2.45, 2.75) is 142 Å². The minimum absolute atomic E-state index is 0.706. The third-order valence-corrected chi connectivity index (χ3v) is 6.35. The number of ether oxygens (including phenoxy) is 2. The molecule has 0 bridgehead atoms. The van der Waals surface area contributed by atoms with Crippen LogP contribution in [0.25, 0.3) is 0 Å². The number of carbonyl (C=O) groups excluding carboxylic acids is 2. The molecule has 0 aliphatic heterocycles. The predicted octanol–water partition coefficient (Wildman–Crippen LogP) is 7.74. The first kappa shape index (κ1) is 35.3. The topological polar surface area (TPSA) is 116 Å². The van der Waals surface area contributed by atoms with Crippen LogP contribution in [0.1, 0.15) is 136 Å². The summed E-state index contributed by atoms with van der Waals surface area (Å²) in [6, 6.07) is 0. The van der Waals surface area contributed by atoms with Crippen LogP contribution in [-0.4, -0.2) is 31.0 Å². The highest BCUT2D eigenvalue weighted by Crippen LogP contribution is 2.12. The highest BCUT2D eigenvalue weighted by molar-refractivity contribution is 7.80. The second-order valence-electron chi connectivity index (χ2n) is 9.41. The molecule has 0 aliphatic carbocycles. The summed E-state index contributed by atoms with van der Waals surface area (Å²) in [4.78, 5) is 24.2. The Morgan fingerprint density at radius 3 is 1.51 bits per heavy atom. The van der Waals surface area contributed by atoms with Gasteiger partial charge in [0.05, 0.1) is 18.9 Å². The third kappa shape index (κ3) is 25.7. The lowest BCUT2D eigenvalue weighted by Gasteiger charge is -2.11. The molecule has 0 heterocycles. The van der Waals surface area contributed by atoms with Gasteiger partial charge in [0.25, 0.3) is 0 Å². The SMILES string of the molecule is CCCCCCCCCCC=COC(=O)CC(OS(=O)(=O)O)C(=O)OC=CCCCCCCCCCC. The molecule has 0 saturated carbocycles. The van der Waals surface area contributed by atoms with Crippen molar-refractivity contribution in [1.29, 1.82) is 0 Å². The fourth-order valence-electron chi connectivity index (χ4n) is 3.75. The van der Waals surface area contributed by atoms with Gasteiger partial charge >= 0.3 is 22.3 Å². The second-order valence-corrected chi connectivity index (χ2v) is 10.5. The third-order valence-electron chi connectivity index (χ3n) is 5.88. The van der Waals surface area contributed by atoms with Gasteiger partial charge < -0.3 is 9.47 Å².